The smallest absolute Gasteiger partial charge is 0.330 e. The minimum Gasteiger partial charge on any atom is -0.489 e. The number of carboxylic acids is 4. The van der Waals surface area contributed by atoms with Crippen LogP contribution in [0.3, 0.4) is 0 Å². The molecule has 4 aromatic carbocycles. The van der Waals surface area contributed by atoms with Crippen molar-refractivity contribution in [1.82, 2.24) is 42.5 Å². The predicted octanol–water partition coefficient (Wildman–Crippen LogP) is 1.39. The number of ketones is 3. The molecule has 4 aliphatic heterocycles. The van der Waals surface area contributed by atoms with Crippen LogP contribution in [0.15, 0.2) is 97.1 Å². The second-order valence-electron chi connectivity index (χ2n) is 23.3. The van der Waals surface area contributed by atoms with Crippen molar-refractivity contribution < 1.29 is 102 Å². The highest BCUT2D eigenvalue weighted by molar-refractivity contribution is 7.98. The second kappa shape index (κ2) is 36.2. The lowest BCUT2D eigenvalue weighted by Gasteiger charge is -2.25. The van der Waals surface area contributed by atoms with Crippen LogP contribution in [0.1, 0.15) is 105 Å². The molecule has 8 rings (SSSR count). The van der Waals surface area contributed by atoms with Crippen LogP contribution in [0.25, 0.3) is 0 Å². The van der Waals surface area contributed by atoms with Crippen LogP contribution in [0.5, 0.6) is 11.5 Å². The standard InChI is InChI=1S/C66H76N8O21S/c1-35-53(77)25-45(22-38-7-5-4-6-8-38)61(87)68-30-55(79)74-59(66(92)93)43-11-16-49(17-12-43)95-32-41-19-40-20-42(21-41)33-96-34-52(71-37(3)75)65(91)73-51(28-58(84)85)64(90)70-36(2)60(86)67-29-47(76)24-44(13-18-56(80)81)62(88)72-50(23-39-9-14-48(15-10-39)94-31-40)54(78)26-46(27-57(82)83)63(89)69-35/h4-12,14-17,19-21,35-36,44-46,50-52,59H,13,18,22-34H2,1-3H3,(H,67,86)(H,68,87)(H,69,89)(H,70,90)(H,71,75)(H,72,88)(H,73,91)(H,74,79)(H,80,81)(H,82,83)(H,84,85)(H,92,93)/t35-,36-,44+,45+,46-,50-,51-,52-,59-/m0/s1. The van der Waals surface area contributed by atoms with Gasteiger partial charge in [-0.25, -0.2) is 4.79 Å². The Kier molecular flexibility index (Phi) is 28.1. The van der Waals surface area contributed by atoms with E-state index in [0.29, 0.717) is 27.8 Å². The molecular weight excluding hydrogens is 1270 g/mol. The number of carbonyl (C=O) groups excluding carboxylic acids is 11. The van der Waals surface area contributed by atoms with E-state index in [4.69, 9.17) is 9.47 Å². The largest absolute Gasteiger partial charge is 0.489 e. The Hall–Kier alpha value is -10.5. The lowest BCUT2D eigenvalue weighted by molar-refractivity contribution is -0.143. The minimum absolute atomic E-state index is 0.0541. The summed E-state index contributed by atoms with van der Waals surface area (Å²) in [6.07, 6.45) is -5.66. The topological polar surface area (TPSA) is 452 Å². The van der Waals surface area contributed by atoms with Crippen LogP contribution in [0.2, 0.25) is 0 Å². The van der Waals surface area contributed by atoms with E-state index in [-0.39, 0.29) is 54.6 Å². The highest BCUT2D eigenvalue weighted by Crippen LogP contribution is 2.26. The summed E-state index contributed by atoms with van der Waals surface area (Å²) >= 11 is 1.16. The Morgan fingerprint density at radius 1 is 0.542 bits per heavy atom. The molecule has 0 saturated heterocycles. The van der Waals surface area contributed by atoms with Gasteiger partial charge in [0.05, 0.1) is 43.9 Å². The Morgan fingerprint density at radius 3 is 1.73 bits per heavy atom. The number of rotatable bonds is 11. The number of Topliss-reactive ketones (excluding diaryl/α,β-unsaturated/α-hetero) is 3. The van der Waals surface area contributed by atoms with E-state index < -0.39 is 201 Å². The Morgan fingerprint density at radius 2 is 1.12 bits per heavy atom. The van der Waals surface area contributed by atoms with Crippen molar-refractivity contribution in [2.45, 2.75) is 134 Å². The van der Waals surface area contributed by atoms with Crippen LogP contribution in [-0.2, 0) is 104 Å². The van der Waals surface area contributed by atoms with Gasteiger partial charge in [-0.1, -0.05) is 66.7 Å². The van der Waals surface area contributed by atoms with Gasteiger partial charge in [0.1, 0.15) is 42.8 Å². The van der Waals surface area contributed by atoms with Crippen molar-refractivity contribution in [3.05, 3.63) is 130 Å². The first-order chi connectivity index (χ1) is 45.6. The number of benzene rings is 4. The number of aliphatic carboxylic acids is 4. The normalized spacial score (nSPS) is 23.1. The monoisotopic (exact) mass is 1350 g/mol. The summed E-state index contributed by atoms with van der Waals surface area (Å²) in [7, 11) is 0. The molecule has 4 aromatic rings. The number of fused-ring (bicyclic) bond motifs is 35. The average molecular weight is 1350 g/mol. The van der Waals surface area contributed by atoms with Gasteiger partial charge in [0.2, 0.25) is 47.3 Å². The van der Waals surface area contributed by atoms with Gasteiger partial charge in [0.25, 0.3) is 0 Å². The number of hydrogen-bond acceptors (Lipinski definition) is 18. The molecule has 8 amide bonds. The van der Waals surface area contributed by atoms with Crippen molar-refractivity contribution >= 4 is 100 Å². The van der Waals surface area contributed by atoms with E-state index in [2.05, 4.69) is 42.5 Å². The summed E-state index contributed by atoms with van der Waals surface area (Å²) in [5.41, 5.74) is 2.89. The highest BCUT2D eigenvalue weighted by Gasteiger charge is 2.36. The Balaban J connectivity index is 1.43. The molecule has 0 spiro atoms. The molecule has 12 N–H and O–H groups in total. The molecule has 0 aromatic heterocycles. The molecule has 0 aliphatic carbocycles. The molecule has 29 nitrogen and oxygen atoms in total. The van der Waals surface area contributed by atoms with Gasteiger partial charge in [0.15, 0.2) is 23.4 Å². The SMILES string of the molecule is CC(=O)N[C@H]1CSCc2cc3cc(c2)COc2ccc(cc2)[C@@H](C(=O)O)NC(=O)CNC(=O)[C@H](Cc2ccccc2)CC(=O)[C@H](C)NC(=O)[C@H](CC(=O)O)CC(=O)[C@H](Cc2ccc(cc2)OC3)NC(=O)[C@H](CCC(=O)O)CC(=O)CNC(=O)[C@H](C)NC(=O)[C@H](CC(=O)O)NC1=O. The second-order valence-corrected chi connectivity index (χ2v) is 24.3. The lowest BCUT2D eigenvalue weighted by atomic mass is 9.89. The molecule has 96 heavy (non-hydrogen) atoms. The van der Waals surface area contributed by atoms with Gasteiger partial charge >= 0.3 is 23.9 Å². The predicted molar refractivity (Wildman–Crippen MR) is 340 cm³/mol. The summed E-state index contributed by atoms with van der Waals surface area (Å²) in [5.74, 6) is -19.8. The van der Waals surface area contributed by atoms with Crippen LogP contribution < -0.4 is 52.0 Å². The van der Waals surface area contributed by atoms with Crippen molar-refractivity contribution in [1.29, 1.82) is 0 Å². The Bertz CT molecular complexity index is 3550. The van der Waals surface area contributed by atoms with Gasteiger partial charge in [-0.15, -0.1) is 0 Å². The first-order valence-electron chi connectivity index (χ1n) is 30.6. The van der Waals surface area contributed by atoms with Crippen LogP contribution in [0.4, 0.5) is 0 Å². The zero-order valence-electron chi connectivity index (χ0n) is 52.7. The molecular formula is C66H76N8O21S. The maximum Gasteiger partial charge on any atom is 0.330 e. The maximum atomic E-state index is 14.7. The molecule has 0 radical (unpaired) electrons. The number of hydrogen-bond donors (Lipinski definition) is 12. The summed E-state index contributed by atoms with van der Waals surface area (Å²) < 4.78 is 12.4. The summed E-state index contributed by atoms with van der Waals surface area (Å²) in [5, 5.41) is 59.1. The number of thioether (sulfide) groups is 1. The van der Waals surface area contributed by atoms with Crippen LogP contribution in [-0.4, -0.2) is 158 Å². The molecule has 0 saturated carbocycles. The molecule has 8 bridgehead atoms. The van der Waals surface area contributed by atoms with E-state index in [9.17, 15) is 92.3 Å². The molecule has 512 valence electrons. The van der Waals surface area contributed by atoms with Crippen LogP contribution in [0, 0.1) is 17.8 Å². The first-order valence-corrected chi connectivity index (χ1v) is 31.7. The zero-order chi connectivity index (χ0) is 70.2. The zero-order valence-corrected chi connectivity index (χ0v) is 53.5. The number of amides is 8. The summed E-state index contributed by atoms with van der Waals surface area (Å²) in [4.78, 5) is 200. The summed E-state index contributed by atoms with van der Waals surface area (Å²) in [6, 6.07) is 16.4. The molecule has 30 heteroatoms. The fourth-order valence-electron chi connectivity index (χ4n) is 10.4. The highest BCUT2D eigenvalue weighted by atomic mass is 32.2. The van der Waals surface area contributed by atoms with E-state index >= 15 is 0 Å². The molecule has 9 atom stereocenters. The quantitative estimate of drug-likeness (QED) is 0.0944. The number of nitrogens with one attached hydrogen (secondary N) is 8. The Labute approximate surface area is 554 Å². The number of carbonyl (C=O) groups is 15. The van der Waals surface area contributed by atoms with E-state index in [1.807, 2.05) is 0 Å². The van der Waals surface area contributed by atoms with E-state index in [1.54, 1.807) is 72.8 Å². The molecule has 4 aliphatic rings. The fraction of sp³-hybridized carbons (Fsp3) is 0.409. The third-order valence-corrected chi connectivity index (χ3v) is 16.5. The lowest BCUT2D eigenvalue weighted by Crippen LogP contribution is -2.57. The van der Waals surface area contributed by atoms with Gasteiger partial charge in [0, 0.05) is 55.9 Å². The van der Waals surface area contributed by atoms with Gasteiger partial charge in [-0.05, 0) is 96.8 Å². The van der Waals surface area contributed by atoms with Crippen molar-refractivity contribution in [2.75, 3.05) is 18.8 Å². The number of ether oxygens (including phenoxy) is 2. The summed E-state index contributed by atoms with van der Waals surface area (Å²) in [6.45, 7) is 1.87. The fourth-order valence-corrected chi connectivity index (χ4v) is 11.4. The van der Waals surface area contributed by atoms with Gasteiger partial charge in [-0.3, -0.25) is 67.1 Å². The average Bonchev–Trinajstić information content (AvgIpc) is 0.928. The van der Waals surface area contributed by atoms with Crippen molar-refractivity contribution in [3.63, 3.8) is 0 Å². The van der Waals surface area contributed by atoms with Gasteiger partial charge in [-0.2, -0.15) is 11.8 Å². The third-order valence-electron chi connectivity index (χ3n) is 15.4. The van der Waals surface area contributed by atoms with E-state index in [0.717, 1.165) is 18.7 Å². The molecule has 4 heterocycles. The molecule has 0 fully saturated rings. The maximum absolute atomic E-state index is 14.7. The third kappa shape index (κ3) is 24.4. The van der Waals surface area contributed by atoms with Crippen molar-refractivity contribution in [2.24, 2.45) is 17.8 Å². The van der Waals surface area contributed by atoms with E-state index in [1.165, 1.54) is 38.1 Å². The minimum atomic E-state index is -1.81. The van der Waals surface area contributed by atoms with Gasteiger partial charge < -0.3 is 72.4 Å². The van der Waals surface area contributed by atoms with Crippen molar-refractivity contribution in [3.8, 4) is 11.5 Å². The number of carboxylic acid groups (broad SMARTS) is 4. The molecule has 0 unspecified atom stereocenters. The first kappa shape index (κ1) is 74.5. The van der Waals surface area contributed by atoms with Crippen LogP contribution >= 0.6 is 11.8 Å².